The standard InChI is InChI=1S/C7H2BrClFNS/c8-7-11-6-4(12-7)2-1-3(9)5(6)10/h1-2H. The number of benzene rings is 1. The van der Waals surface area contributed by atoms with Crippen LogP contribution in [-0.4, -0.2) is 4.98 Å². The molecule has 0 atom stereocenters. The van der Waals surface area contributed by atoms with E-state index in [0.717, 1.165) is 4.70 Å². The average molecular weight is 267 g/mol. The molecule has 0 unspecified atom stereocenters. The lowest BCUT2D eigenvalue weighted by Crippen LogP contribution is -1.78. The van der Waals surface area contributed by atoms with Gasteiger partial charge in [-0.15, -0.1) is 11.3 Å². The highest BCUT2D eigenvalue weighted by Crippen LogP contribution is 2.30. The smallest absolute Gasteiger partial charge is 0.168 e. The van der Waals surface area contributed by atoms with E-state index in [0.29, 0.717) is 9.43 Å². The van der Waals surface area contributed by atoms with Crippen molar-refractivity contribution < 1.29 is 4.39 Å². The summed E-state index contributed by atoms with van der Waals surface area (Å²) in [6.45, 7) is 0. The molecule has 2 aromatic rings. The molecule has 0 aliphatic carbocycles. The fraction of sp³-hybridized carbons (Fsp3) is 0. The van der Waals surface area contributed by atoms with Crippen LogP contribution in [0.5, 0.6) is 0 Å². The van der Waals surface area contributed by atoms with E-state index in [-0.39, 0.29) is 5.02 Å². The monoisotopic (exact) mass is 265 g/mol. The maximum absolute atomic E-state index is 13.2. The van der Waals surface area contributed by atoms with Gasteiger partial charge in [-0.25, -0.2) is 9.37 Å². The molecule has 2 rings (SSSR count). The molecule has 0 aliphatic heterocycles. The van der Waals surface area contributed by atoms with E-state index in [4.69, 9.17) is 11.6 Å². The van der Waals surface area contributed by atoms with Gasteiger partial charge in [0.1, 0.15) is 5.52 Å². The molecule has 0 spiro atoms. The summed E-state index contributed by atoms with van der Waals surface area (Å²) in [6, 6.07) is 3.28. The van der Waals surface area contributed by atoms with E-state index >= 15 is 0 Å². The van der Waals surface area contributed by atoms with Crippen LogP contribution in [0.2, 0.25) is 5.02 Å². The molecule has 1 nitrogen and oxygen atoms in total. The van der Waals surface area contributed by atoms with Gasteiger partial charge in [-0.3, -0.25) is 0 Å². The van der Waals surface area contributed by atoms with E-state index in [1.54, 1.807) is 6.07 Å². The maximum Gasteiger partial charge on any atom is 0.168 e. The van der Waals surface area contributed by atoms with Crippen LogP contribution in [0.3, 0.4) is 0 Å². The minimum atomic E-state index is -0.448. The van der Waals surface area contributed by atoms with Crippen LogP contribution in [0.1, 0.15) is 0 Å². The van der Waals surface area contributed by atoms with Crippen molar-refractivity contribution in [3.8, 4) is 0 Å². The number of halogens is 3. The molecule has 62 valence electrons. The second kappa shape index (κ2) is 2.94. The van der Waals surface area contributed by atoms with E-state index < -0.39 is 5.82 Å². The SMILES string of the molecule is Fc1c(Cl)ccc2sc(Br)nc12. The second-order valence-corrected chi connectivity index (χ2v) is 4.89. The molecule has 0 N–H and O–H groups in total. The Balaban J connectivity index is 2.89. The fourth-order valence-corrected chi connectivity index (χ4v) is 2.45. The number of hydrogen-bond donors (Lipinski definition) is 0. The van der Waals surface area contributed by atoms with Gasteiger partial charge in [0.15, 0.2) is 9.73 Å². The highest BCUT2D eigenvalue weighted by molar-refractivity contribution is 9.11. The van der Waals surface area contributed by atoms with Crippen molar-refractivity contribution in [2.45, 2.75) is 0 Å². The van der Waals surface area contributed by atoms with Gasteiger partial charge >= 0.3 is 0 Å². The lowest BCUT2D eigenvalue weighted by Gasteiger charge is -1.92. The molecule has 0 radical (unpaired) electrons. The first-order valence-electron chi connectivity index (χ1n) is 3.08. The van der Waals surface area contributed by atoms with Crippen LogP contribution in [0.4, 0.5) is 4.39 Å². The van der Waals surface area contributed by atoms with Crippen molar-refractivity contribution in [3.63, 3.8) is 0 Å². The first-order valence-corrected chi connectivity index (χ1v) is 5.07. The van der Waals surface area contributed by atoms with Crippen LogP contribution < -0.4 is 0 Å². The lowest BCUT2D eigenvalue weighted by molar-refractivity contribution is 0.637. The molecule has 0 fully saturated rings. The zero-order valence-corrected chi connectivity index (χ0v) is 8.80. The molecule has 1 heterocycles. The minimum absolute atomic E-state index is 0.111. The Labute approximate surface area is 85.3 Å². The van der Waals surface area contributed by atoms with E-state index in [1.807, 2.05) is 0 Å². The highest BCUT2D eigenvalue weighted by atomic mass is 79.9. The Morgan fingerprint density at radius 2 is 2.25 bits per heavy atom. The van der Waals surface area contributed by atoms with Gasteiger partial charge < -0.3 is 0 Å². The third-order valence-corrected chi connectivity index (χ3v) is 3.19. The number of fused-ring (bicyclic) bond motifs is 1. The van der Waals surface area contributed by atoms with Crippen LogP contribution in [-0.2, 0) is 0 Å². The molecule has 0 saturated heterocycles. The van der Waals surface area contributed by atoms with E-state index in [2.05, 4.69) is 20.9 Å². The molecule has 0 amide bonds. The van der Waals surface area contributed by atoms with Crippen molar-refractivity contribution in [1.82, 2.24) is 4.98 Å². The van der Waals surface area contributed by atoms with Gasteiger partial charge in [0.2, 0.25) is 0 Å². The van der Waals surface area contributed by atoms with Gasteiger partial charge in [0.25, 0.3) is 0 Å². The van der Waals surface area contributed by atoms with Crippen molar-refractivity contribution in [1.29, 1.82) is 0 Å². The Kier molecular flexibility index (Phi) is 2.06. The quantitative estimate of drug-likeness (QED) is 0.706. The van der Waals surface area contributed by atoms with Gasteiger partial charge in [-0.05, 0) is 28.1 Å². The molecular formula is C7H2BrClFNS. The van der Waals surface area contributed by atoms with Gasteiger partial charge in [-0.1, -0.05) is 11.6 Å². The largest absolute Gasteiger partial charge is 0.226 e. The topological polar surface area (TPSA) is 12.9 Å². The van der Waals surface area contributed by atoms with E-state index in [9.17, 15) is 4.39 Å². The summed E-state index contributed by atoms with van der Waals surface area (Å²) in [4.78, 5) is 3.95. The normalized spacial score (nSPS) is 10.9. The predicted octanol–water partition coefficient (Wildman–Crippen LogP) is 3.85. The van der Waals surface area contributed by atoms with Crippen molar-refractivity contribution in [3.05, 3.63) is 26.9 Å². The van der Waals surface area contributed by atoms with Gasteiger partial charge in [0, 0.05) is 0 Å². The van der Waals surface area contributed by atoms with Crippen molar-refractivity contribution >= 4 is 49.1 Å². The van der Waals surface area contributed by atoms with Crippen LogP contribution >= 0.6 is 38.9 Å². The third-order valence-electron chi connectivity index (χ3n) is 1.43. The Bertz CT molecular complexity index is 442. The Morgan fingerprint density at radius 1 is 1.50 bits per heavy atom. The zero-order chi connectivity index (χ0) is 8.72. The number of nitrogens with zero attached hydrogens (tertiary/aromatic N) is 1. The third kappa shape index (κ3) is 1.24. The van der Waals surface area contributed by atoms with Crippen LogP contribution in [0, 0.1) is 5.82 Å². The molecule has 12 heavy (non-hydrogen) atoms. The zero-order valence-electron chi connectivity index (χ0n) is 5.64. The summed E-state index contributed by atoms with van der Waals surface area (Å²) in [5, 5.41) is 0.111. The number of rotatable bonds is 0. The van der Waals surface area contributed by atoms with Crippen LogP contribution in [0.15, 0.2) is 16.0 Å². The average Bonchev–Trinajstić information content (AvgIpc) is 2.39. The summed E-state index contributed by atoms with van der Waals surface area (Å²) in [5.74, 6) is -0.448. The Hall–Kier alpha value is -0.190. The summed E-state index contributed by atoms with van der Waals surface area (Å²) < 4.78 is 14.7. The van der Waals surface area contributed by atoms with Crippen LogP contribution in [0.25, 0.3) is 10.2 Å². The first kappa shape index (κ1) is 8.41. The summed E-state index contributed by atoms with van der Waals surface area (Å²) >= 11 is 10.1. The molecule has 1 aromatic carbocycles. The molecule has 5 heteroatoms. The molecule has 0 bridgehead atoms. The highest BCUT2D eigenvalue weighted by Gasteiger charge is 2.09. The summed E-state index contributed by atoms with van der Waals surface area (Å²) in [7, 11) is 0. The second-order valence-electron chi connectivity index (χ2n) is 2.17. The number of aromatic nitrogens is 1. The van der Waals surface area contributed by atoms with Gasteiger partial charge in [0.05, 0.1) is 9.72 Å². The molecule has 0 aliphatic rings. The number of hydrogen-bond acceptors (Lipinski definition) is 2. The minimum Gasteiger partial charge on any atom is -0.226 e. The predicted molar refractivity (Wildman–Crippen MR) is 52.3 cm³/mol. The summed E-state index contributed by atoms with van der Waals surface area (Å²) in [6.07, 6.45) is 0. The van der Waals surface area contributed by atoms with Gasteiger partial charge in [-0.2, -0.15) is 0 Å². The van der Waals surface area contributed by atoms with Crippen molar-refractivity contribution in [2.75, 3.05) is 0 Å². The van der Waals surface area contributed by atoms with Crippen molar-refractivity contribution in [2.24, 2.45) is 0 Å². The maximum atomic E-state index is 13.2. The van der Waals surface area contributed by atoms with E-state index in [1.165, 1.54) is 17.4 Å². The summed E-state index contributed by atoms with van der Waals surface area (Å²) in [5.41, 5.74) is 0.333. The first-order chi connectivity index (χ1) is 5.68. The fourth-order valence-electron chi connectivity index (χ4n) is 0.910. The lowest BCUT2D eigenvalue weighted by atomic mass is 10.3. The molecule has 0 saturated carbocycles. The Morgan fingerprint density at radius 3 is 3.00 bits per heavy atom. The molecule has 1 aromatic heterocycles. The molecular weight excluding hydrogens is 265 g/mol. The number of thiazole rings is 1.